The van der Waals surface area contributed by atoms with Crippen molar-refractivity contribution in [3.05, 3.63) is 35.4 Å². The highest BCUT2D eigenvalue weighted by Gasteiger charge is 2.09. The van der Waals surface area contributed by atoms with Gasteiger partial charge in [0.1, 0.15) is 17.7 Å². The number of sulfonamides is 1. The molecule has 1 aromatic carbocycles. The van der Waals surface area contributed by atoms with Crippen molar-refractivity contribution in [3.8, 4) is 18.2 Å². The lowest BCUT2D eigenvalue weighted by Crippen LogP contribution is -2.09. The summed E-state index contributed by atoms with van der Waals surface area (Å²) in [4.78, 5) is 0. The molecule has 0 saturated carbocycles. The van der Waals surface area contributed by atoms with Crippen molar-refractivity contribution in [2.45, 2.75) is 6.42 Å². The highest BCUT2D eigenvalue weighted by molar-refractivity contribution is 7.92. The molecule has 0 fully saturated rings. The standard InChI is InChI=1S/C13H10N4O2S/c1-20(18,19)17-12-4-2-10(3-5-12)13(6-7-14)11(8-15)9-16/h2-5,17H,6H2,1H3. The van der Waals surface area contributed by atoms with E-state index in [0.717, 1.165) is 6.26 Å². The van der Waals surface area contributed by atoms with E-state index in [1.165, 1.54) is 12.1 Å². The van der Waals surface area contributed by atoms with E-state index in [2.05, 4.69) is 4.72 Å². The van der Waals surface area contributed by atoms with Crippen molar-refractivity contribution < 1.29 is 8.42 Å². The molecule has 20 heavy (non-hydrogen) atoms. The average molecular weight is 286 g/mol. The van der Waals surface area contributed by atoms with Crippen LogP contribution >= 0.6 is 0 Å². The summed E-state index contributed by atoms with van der Waals surface area (Å²) in [5, 5.41) is 26.5. The number of hydrogen-bond donors (Lipinski definition) is 1. The zero-order valence-corrected chi connectivity index (χ0v) is 11.4. The number of allylic oxidation sites excluding steroid dienone is 2. The summed E-state index contributed by atoms with van der Waals surface area (Å²) in [5.41, 5.74) is 1.09. The summed E-state index contributed by atoms with van der Waals surface area (Å²) in [7, 11) is -3.37. The van der Waals surface area contributed by atoms with Gasteiger partial charge >= 0.3 is 0 Å². The number of nitrogens with zero attached hydrogens (tertiary/aromatic N) is 3. The van der Waals surface area contributed by atoms with Crippen LogP contribution in [0.15, 0.2) is 29.8 Å². The Labute approximate surface area is 117 Å². The van der Waals surface area contributed by atoms with Crippen molar-refractivity contribution in [2.24, 2.45) is 0 Å². The Hall–Kier alpha value is -2.82. The van der Waals surface area contributed by atoms with Crippen LogP contribution in [0.3, 0.4) is 0 Å². The van der Waals surface area contributed by atoms with Gasteiger partial charge in [0.2, 0.25) is 10.0 Å². The zero-order valence-electron chi connectivity index (χ0n) is 10.6. The second kappa shape index (κ2) is 6.38. The van der Waals surface area contributed by atoms with Gasteiger partial charge < -0.3 is 0 Å². The molecule has 1 rings (SSSR count). The van der Waals surface area contributed by atoms with Gasteiger partial charge in [-0.3, -0.25) is 4.72 Å². The Morgan fingerprint density at radius 1 is 1.15 bits per heavy atom. The minimum Gasteiger partial charge on any atom is -0.284 e. The van der Waals surface area contributed by atoms with E-state index < -0.39 is 10.0 Å². The fourth-order valence-electron chi connectivity index (χ4n) is 1.53. The van der Waals surface area contributed by atoms with E-state index in [-0.39, 0.29) is 12.0 Å². The smallest absolute Gasteiger partial charge is 0.229 e. The molecule has 100 valence electrons. The van der Waals surface area contributed by atoms with Crippen LogP contribution < -0.4 is 4.72 Å². The largest absolute Gasteiger partial charge is 0.284 e. The number of anilines is 1. The Balaban J connectivity index is 3.21. The van der Waals surface area contributed by atoms with Crippen molar-refractivity contribution in [1.29, 1.82) is 15.8 Å². The van der Waals surface area contributed by atoms with Crippen LogP contribution in [0.1, 0.15) is 12.0 Å². The van der Waals surface area contributed by atoms with Gasteiger partial charge in [-0.15, -0.1) is 0 Å². The Morgan fingerprint density at radius 2 is 1.70 bits per heavy atom. The molecule has 0 heterocycles. The molecular weight excluding hydrogens is 276 g/mol. The molecule has 1 aromatic rings. The van der Waals surface area contributed by atoms with Crippen LogP contribution in [0, 0.1) is 34.0 Å². The lowest BCUT2D eigenvalue weighted by molar-refractivity contribution is 0.607. The molecule has 0 aromatic heterocycles. The summed E-state index contributed by atoms with van der Waals surface area (Å²) in [6.45, 7) is 0. The molecule has 0 aliphatic heterocycles. The number of hydrogen-bond acceptors (Lipinski definition) is 5. The second-order valence-electron chi connectivity index (χ2n) is 3.86. The fraction of sp³-hybridized carbons (Fsp3) is 0.154. The number of benzene rings is 1. The zero-order chi connectivity index (χ0) is 15.2. The first-order valence-electron chi connectivity index (χ1n) is 5.40. The Bertz CT molecular complexity index is 741. The molecule has 0 bridgehead atoms. The van der Waals surface area contributed by atoms with Crippen LogP contribution in [0.5, 0.6) is 0 Å². The predicted molar refractivity (Wildman–Crippen MR) is 73.3 cm³/mol. The molecule has 1 N–H and O–H groups in total. The lowest BCUT2D eigenvalue weighted by atomic mass is 9.98. The molecule has 0 amide bonds. The van der Waals surface area contributed by atoms with Crippen LogP contribution in [0.2, 0.25) is 0 Å². The first-order valence-corrected chi connectivity index (χ1v) is 7.29. The molecule has 7 heteroatoms. The molecule has 0 saturated heterocycles. The molecule has 0 aliphatic carbocycles. The third-order valence-electron chi connectivity index (χ3n) is 2.32. The number of rotatable bonds is 4. The first kappa shape index (κ1) is 15.2. The Morgan fingerprint density at radius 3 is 2.10 bits per heavy atom. The van der Waals surface area contributed by atoms with E-state index in [9.17, 15) is 8.42 Å². The number of nitrogens with one attached hydrogen (secondary N) is 1. The van der Waals surface area contributed by atoms with Gasteiger partial charge in [-0.05, 0) is 17.7 Å². The van der Waals surface area contributed by atoms with Gasteiger partial charge in [0.15, 0.2) is 0 Å². The van der Waals surface area contributed by atoms with E-state index >= 15 is 0 Å². The third-order valence-corrected chi connectivity index (χ3v) is 2.92. The maximum absolute atomic E-state index is 11.1. The highest BCUT2D eigenvalue weighted by Crippen LogP contribution is 2.23. The minimum absolute atomic E-state index is 0.0741. The topological polar surface area (TPSA) is 118 Å². The highest BCUT2D eigenvalue weighted by atomic mass is 32.2. The van der Waals surface area contributed by atoms with E-state index in [0.29, 0.717) is 16.8 Å². The Kier molecular flexibility index (Phi) is 4.86. The summed E-state index contributed by atoms with van der Waals surface area (Å²) < 4.78 is 24.4. The molecule has 0 aliphatic rings. The van der Waals surface area contributed by atoms with Crippen LogP contribution in [-0.2, 0) is 10.0 Å². The molecule has 0 spiro atoms. The fourth-order valence-corrected chi connectivity index (χ4v) is 2.09. The average Bonchev–Trinajstić information content (AvgIpc) is 2.38. The van der Waals surface area contributed by atoms with Crippen LogP contribution in [0.4, 0.5) is 5.69 Å². The minimum atomic E-state index is -3.37. The molecule has 6 nitrogen and oxygen atoms in total. The van der Waals surface area contributed by atoms with Gasteiger partial charge in [-0.1, -0.05) is 12.1 Å². The van der Waals surface area contributed by atoms with Gasteiger partial charge in [0.05, 0.1) is 18.7 Å². The predicted octanol–water partition coefficient (Wildman–Crippen LogP) is 1.77. The van der Waals surface area contributed by atoms with Crippen LogP contribution in [-0.4, -0.2) is 14.7 Å². The normalized spacial score (nSPS) is 9.70. The molecule has 0 radical (unpaired) electrons. The van der Waals surface area contributed by atoms with E-state index in [1.54, 1.807) is 24.3 Å². The molecule has 0 atom stereocenters. The molecule has 0 unspecified atom stereocenters. The summed E-state index contributed by atoms with van der Waals surface area (Å²) in [6, 6.07) is 11.5. The summed E-state index contributed by atoms with van der Waals surface area (Å²) >= 11 is 0. The molecular formula is C13H10N4O2S. The van der Waals surface area contributed by atoms with Gasteiger partial charge in [0.25, 0.3) is 0 Å². The van der Waals surface area contributed by atoms with Gasteiger partial charge in [-0.25, -0.2) is 8.42 Å². The summed E-state index contributed by atoms with van der Waals surface area (Å²) in [6.07, 6.45) is 0.959. The van der Waals surface area contributed by atoms with E-state index in [4.69, 9.17) is 15.8 Å². The number of nitriles is 3. The summed E-state index contributed by atoms with van der Waals surface area (Å²) in [5.74, 6) is 0. The third kappa shape index (κ3) is 4.13. The lowest BCUT2D eigenvalue weighted by Gasteiger charge is -2.07. The van der Waals surface area contributed by atoms with E-state index in [1.807, 2.05) is 6.07 Å². The quantitative estimate of drug-likeness (QED) is 0.846. The van der Waals surface area contributed by atoms with Crippen molar-refractivity contribution in [2.75, 3.05) is 11.0 Å². The van der Waals surface area contributed by atoms with Gasteiger partial charge in [0, 0.05) is 11.3 Å². The monoisotopic (exact) mass is 286 g/mol. The maximum atomic E-state index is 11.1. The maximum Gasteiger partial charge on any atom is 0.229 e. The van der Waals surface area contributed by atoms with Crippen LogP contribution in [0.25, 0.3) is 5.57 Å². The van der Waals surface area contributed by atoms with Gasteiger partial charge in [-0.2, -0.15) is 15.8 Å². The van der Waals surface area contributed by atoms with Crippen molar-refractivity contribution in [1.82, 2.24) is 0 Å². The van der Waals surface area contributed by atoms with Crippen molar-refractivity contribution in [3.63, 3.8) is 0 Å². The van der Waals surface area contributed by atoms with Crippen molar-refractivity contribution >= 4 is 21.3 Å². The second-order valence-corrected chi connectivity index (χ2v) is 5.61. The SMILES string of the molecule is CS(=O)(=O)Nc1ccc(C(CC#N)=C(C#N)C#N)cc1. The first-order chi connectivity index (χ1) is 9.41.